The van der Waals surface area contributed by atoms with E-state index >= 15 is 0 Å². The first-order valence-electron chi connectivity index (χ1n) is 4.33. The first-order valence-corrected chi connectivity index (χ1v) is 6.61. The summed E-state index contributed by atoms with van der Waals surface area (Å²) in [7, 11) is -3.79. The van der Waals surface area contributed by atoms with E-state index in [-0.39, 0.29) is 4.90 Å². The molecule has 7 heteroatoms. The van der Waals surface area contributed by atoms with Crippen molar-refractivity contribution in [2.75, 3.05) is 0 Å². The van der Waals surface area contributed by atoms with Crippen LogP contribution < -0.4 is 4.72 Å². The van der Waals surface area contributed by atoms with Gasteiger partial charge in [0.2, 0.25) is 10.0 Å². The Morgan fingerprint density at radius 1 is 1.50 bits per heavy atom. The molecule has 0 saturated heterocycles. The van der Waals surface area contributed by atoms with Gasteiger partial charge in [-0.2, -0.15) is 4.72 Å². The summed E-state index contributed by atoms with van der Waals surface area (Å²) in [5.74, 6) is -1.22. The minimum atomic E-state index is -3.79. The van der Waals surface area contributed by atoms with Gasteiger partial charge in [0.25, 0.3) is 0 Å². The van der Waals surface area contributed by atoms with Gasteiger partial charge in [-0.25, -0.2) is 8.42 Å². The molecular weight excluding hydrogens is 298 g/mol. The van der Waals surface area contributed by atoms with Crippen molar-refractivity contribution in [2.45, 2.75) is 17.9 Å². The van der Waals surface area contributed by atoms with Crippen molar-refractivity contribution < 1.29 is 18.3 Å². The fourth-order valence-electron chi connectivity index (χ4n) is 0.985. The largest absolute Gasteiger partial charge is 0.480 e. The Morgan fingerprint density at radius 3 is 2.62 bits per heavy atom. The summed E-state index contributed by atoms with van der Waals surface area (Å²) in [6.45, 7) is 1.26. The molecule has 1 rings (SSSR count). The van der Waals surface area contributed by atoms with E-state index in [4.69, 9.17) is 5.11 Å². The molecule has 0 aliphatic rings. The highest BCUT2D eigenvalue weighted by Gasteiger charge is 2.21. The number of benzene rings is 1. The van der Waals surface area contributed by atoms with Gasteiger partial charge < -0.3 is 5.11 Å². The van der Waals surface area contributed by atoms with Gasteiger partial charge in [-0.15, -0.1) is 0 Å². The van der Waals surface area contributed by atoms with Crippen LogP contribution in [0.5, 0.6) is 0 Å². The van der Waals surface area contributed by atoms with Gasteiger partial charge in [0, 0.05) is 4.47 Å². The van der Waals surface area contributed by atoms with Crippen LogP contribution in [-0.4, -0.2) is 25.5 Å². The highest BCUT2D eigenvalue weighted by Crippen LogP contribution is 2.16. The van der Waals surface area contributed by atoms with Gasteiger partial charge in [0.05, 0.1) is 4.90 Å². The number of carboxylic acid groups (broad SMARTS) is 1. The summed E-state index contributed by atoms with van der Waals surface area (Å²) >= 11 is 3.14. The van der Waals surface area contributed by atoms with Crippen LogP contribution in [0.3, 0.4) is 0 Å². The van der Waals surface area contributed by atoms with E-state index < -0.39 is 22.0 Å². The van der Waals surface area contributed by atoms with Crippen molar-refractivity contribution in [3.63, 3.8) is 0 Å². The van der Waals surface area contributed by atoms with Crippen molar-refractivity contribution in [3.8, 4) is 0 Å². The minimum absolute atomic E-state index is 0.0231. The van der Waals surface area contributed by atoms with Crippen LogP contribution in [0.4, 0.5) is 0 Å². The Hall–Kier alpha value is -0.920. The summed E-state index contributed by atoms with van der Waals surface area (Å²) in [6, 6.07) is 4.87. The SMILES string of the molecule is C[C@@H](NS(=O)(=O)c1cccc(Br)c1)C(=O)O. The molecule has 0 aliphatic carbocycles. The lowest BCUT2D eigenvalue weighted by Crippen LogP contribution is -2.38. The number of carbonyl (C=O) groups is 1. The Morgan fingerprint density at radius 2 is 2.12 bits per heavy atom. The minimum Gasteiger partial charge on any atom is -0.480 e. The zero-order chi connectivity index (χ0) is 12.3. The number of aliphatic carboxylic acids is 1. The second-order valence-electron chi connectivity index (χ2n) is 3.14. The normalized spacial score (nSPS) is 13.4. The van der Waals surface area contributed by atoms with Crippen LogP contribution in [0.25, 0.3) is 0 Å². The average Bonchev–Trinajstić information content (AvgIpc) is 2.17. The number of halogens is 1. The fourth-order valence-corrected chi connectivity index (χ4v) is 2.78. The Labute approximate surface area is 102 Å². The van der Waals surface area contributed by atoms with E-state index in [1.54, 1.807) is 12.1 Å². The number of sulfonamides is 1. The molecule has 0 unspecified atom stereocenters. The van der Waals surface area contributed by atoms with Gasteiger partial charge in [-0.3, -0.25) is 4.79 Å². The van der Waals surface area contributed by atoms with Crippen molar-refractivity contribution in [1.29, 1.82) is 0 Å². The van der Waals surface area contributed by atoms with Gasteiger partial charge >= 0.3 is 5.97 Å². The molecule has 0 radical (unpaired) electrons. The van der Waals surface area contributed by atoms with Crippen LogP contribution in [0.15, 0.2) is 33.6 Å². The Balaban J connectivity index is 2.99. The molecule has 0 amide bonds. The fraction of sp³-hybridized carbons (Fsp3) is 0.222. The van der Waals surface area contributed by atoms with Gasteiger partial charge in [0.1, 0.15) is 6.04 Å². The molecule has 1 aromatic carbocycles. The number of rotatable bonds is 4. The average molecular weight is 308 g/mol. The van der Waals surface area contributed by atoms with Crippen LogP contribution in [-0.2, 0) is 14.8 Å². The van der Waals surface area contributed by atoms with E-state index in [9.17, 15) is 13.2 Å². The van der Waals surface area contributed by atoms with E-state index in [2.05, 4.69) is 20.7 Å². The molecule has 0 bridgehead atoms. The van der Waals surface area contributed by atoms with Crippen LogP contribution in [0.2, 0.25) is 0 Å². The third-order valence-electron chi connectivity index (χ3n) is 1.81. The quantitative estimate of drug-likeness (QED) is 0.875. The molecule has 0 aliphatic heterocycles. The summed E-state index contributed by atoms with van der Waals surface area (Å²) in [5, 5.41) is 8.61. The monoisotopic (exact) mass is 307 g/mol. The highest BCUT2D eigenvalue weighted by molar-refractivity contribution is 9.10. The predicted octanol–water partition coefficient (Wildman–Crippen LogP) is 1.20. The molecule has 0 saturated carbocycles. The topological polar surface area (TPSA) is 83.5 Å². The molecule has 0 spiro atoms. The number of nitrogens with one attached hydrogen (secondary N) is 1. The van der Waals surface area contributed by atoms with E-state index in [0.717, 1.165) is 0 Å². The van der Waals surface area contributed by atoms with Gasteiger partial charge in [0.15, 0.2) is 0 Å². The molecule has 2 N–H and O–H groups in total. The lowest BCUT2D eigenvalue weighted by molar-refractivity contribution is -0.138. The zero-order valence-electron chi connectivity index (χ0n) is 8.34. The number of carboxylic acids is 1. The molecule has 0 fully saturated rings. The lowest BCUT2D eigenvalue weighted by atomic mass is 10.4. The van der Waals surface area contributed by atoms with Crippen LogP contribution in [0.1, 0.15) is 6.92 Å². The molecule has 88 valence electrons. The van der Waals surface area contributed by atoms with Gasteiger partial charge in [-0.05, 0) is 25.1 Å². The second-order valence-corrected chi connectivity index (χ2v) is 5.77. The molecule has 5 nitrogen and oxygen atoms in total. The highest BCUT2D eigenvalue weighted by atomic mass is 79.9. The summed E-state index contributed by atoms with van der Waals surface area (Å²) in [6.07, 6.45) is 0. The molecule has 16 heavy (non-hydrogen) atoms. The first-order chi connectivity index (χ1) is 7.33. The Bertz CT molecular complexity index is 500. The zero-order valence-corrected chi connectivity index (χ0v) is 10.7. The van der Waals surface area contributed by atoms with Crippen molar-refractivity contribution in [3.05, 3.63) is 28.7 Å². The van der Waals surface area contributed by atoms with Crippen molar-refractivity contribution in [1.82, 2.24) is 4.72 Å². The van der Waals surface area contributed by atoms with Crippen LogP contribution >= 0.6 is 15.9 Å². The smallest absolute Gasteiger partial charge is 0.321 e. The maximum Gasteiger partial charge on any atom is 0.321 e. The molecule has 0 aromatic heterocycles. The van der Waals surface area contributed by atoms with Crippen molar-refractivity contribution in [2.24, 2.45) is 0 Å². The van der Waals surface area contributed by atoms with E-state index in [1.807, 2.05) is 0 Å². The van der Waals surface area contributed by atoms with E-state index in [1.165, 1.54) is 19.1 Å². The van der Waals surface area contributed by atoms with Gasteiger partial charge in [-0.1, -0.05) is 22.0 Å². The molecular formula is C9H10BrNO4S. The molecule has 1 aromatic rings. The van der Waals surface area contributed by atoms with E-state index in [0.29, 0.717) is 4.47 Å². The maximum atomic E-state index is 11.7. The first kappa shape index (κ1) is 13.1. The molecule has 1 atom stereocenters. The summed E-state index contributed by atoms with van der Waals surface area (Å²) < 4.78 is 26.1. The lowest BCUT2D eigenvalue weighted by Gasteiger charge is -2.10. The third-order valence-corrected chi connectivity index (χ3v) is 3.84. The summed E-state index contributed by atoms with van der Waals surface area (Å²) in [4.78, 5) is 10.6. The summed E-state index contributed by atoms with van der Waals surface area (Å²) in [5.41, 5.74) is 0. The maximum absolute atomic E-state index is 11.7. The number of hydrogen-bond acceptors (Lipinski definition) is 3. The van der Waals surface area contributed by atoms with Crippen LogP contribution in [0, 0.1) is 0 Å². The number of hydrogen-bond donors (Lipinski definition) is 2. The van der Waals surface area contributed by atoms with Crippen molar-refractivity contribution >= 4 is 31.9 Å². The third kappa shape index (κ3) is 3.29. The predicted molar refractivity (Wildman–Crippen MR) is 61.6 cm³/mol. The Kier molecular flexibility index (Phi) is 4.06. The second kappa shape index (κ2) is 4.94. The standard InChI is InChI=1S/C9H10BrNO4S/c1-6(9(12)13)11-16(14,15)8-4-2-3-7(10)5-8/h2-6,11H,1H3,(H,12,13)/t6-/m1/s1. The molecule has 0 heterocycles.